The first-order chi connectivity index (χ1) is 14.0. The van der Waals surface area contributed by atoms with Gasteiger partial charge in [0.15, 0.2) is 0 Å². The minimum atomic E-state index is -1.08. The molecule has 2 N–H and O–H groups in total. The molecular weight excluding hydrogens is 376 g/mol. The van der Waals surface area contributed by atoms with Gasteiger partial charge < -0.3 is 24.8 Å². The number of amides is 2. The number of nitrogens with one attached hydrogen (secondary N) is 1. The molecule has 1 aliphatic rings. The zero-order valence-electron chi connectivity index (χ0n) is 15.9. The second kappa shape index (κ2) is 9.20. The van der Waals surface area contributed by atoms with Gasteiger partial charge in [0.25, 0.3) is 5.91 Å². The lowest BCUT2D eigenvalue weighted by atomic mass is 10.2. The number of likely N-dealkylation sites (tertiary alicyclic amines) is 1. The second-order valence-corrected chi connectivity index (χ2v) is 6.62. The number of carboxylic acids is 1. The van der Waals surface area contributed by atoms with Crippen LogP contribution in [0.5, 0.6) is 11.5 Å². The number of ether oxygens (including phenoxy) is 2. The smallest absolute Gasteiger partial charge is 0.326 e. The summed E-state index contributed by atoms with van der Waals surface area (Å²) < 4.78 is 10.8. The Morgan fingerprint density at radius 2 is 1.72 bits per heavy atom. The topological polar surface area (TPSA) is 105 Å². The van der Waals surface area contributed by atoms with Gasteiger partial charge in [-0.05, 0) is 36.4 Å². The maximum atomic E-state index is 12.4. The summed E-state index contributed by atoms with van der Waals surface area (Å²) in [5.41, 5.74) is 0.365. The van der Waals surface area contributed by atoms with Crippen molar-refractivity contribution in [2.45, 2.75) is 18.6 Å². The van der Waals surface area contributed by atoms with Crippen molar-refractivity contribution in [3.63, 3.8) is 0 Å². The Balaban J connectivity index is 1.55. The summed E-state index contributed by atoms with van der Waals surface area (Å²) in [5.74, 6) is -0.717. The molecule has 2 aromatic carbocycles. The van der Waals surface area contributed by atoms with Gasteiger partial charge in [0, 0.05) is 25.6 Å². The molecule has 2 atom stereocenters. The zero-order chi connectivity index (χ0) is 20.8. The molecule has 152 valence electrons. The Hall–Kier alpha value is -3.39. The van der Waals surface area contributed by atoms with Gasteiger partial charge in [-0.3, -0.25) is 9.59 Å². The van der Waals surface area contributed by atoms with E-state index in [0.29, 0.717) is 17.1 Å². The Morgan fingerprint density at radius 1 is 1.07 bits per heavy atom. The summed E-state index contributed by atoms with van der Waals surface area (Å²) >= 11 is 0. The predicted octanol–water partition coefficient (Wildman–Crippen LogP) is 1.91. The SMILES string of the molecule is COC1CC(C(=O)O)N(C(=O)CNC(=O)c2ccc(Oc3ccccc3)cc2)C1. The van der Waals surface area contributed by atoms with E-state index < -0.39 is 23.8 Å². The van der Waals surface area contributed by atoms with Crippen molar-refractivity contribution in [2.75, 3.05) is 20.2 Å². The van der Waals surface area contributed by atoms with Crippen LogP contribution in [0.1, 0.15) is 16.8 Å². The summed E-state index contributed by atoms with van der Waals surface area (Å²) in [7, 11) is 1.48. The fraction of sp³-hybridized carbons (Fsp3) is 0.286. The van der Waals surface area contributed by atoms with Gasteiger partial charge in [-0.25, -0.2) is 4.79 Å². The molecule has 3 rings (SSSR count). The van der Waals surface area contributed by atoms with Crippen molar-refractivity contribution in [2.24, 2.45) is 0 Å². The van der Waals surface area contributed by atoms with Crippen LogP contribution >= 0.6 is 0 Å². The van der Waals surface area contributed by atoms with Gasteiger partial charge >= 0.3 is 5.97 Å². The van der Waals surface area contributed by atoms with Crippen LogP contribution in [-0.2, 0) is 14.3 Å². The predicted molar refractivity (Wildman–Crippen MR) is 104 cm³/mol. The van der Waals surface area contributed by atoms with Gasteiger partial charge in [0.1, 0.15) is 17.5 Å². The molecular formula is C21H22N2O6. The second-order valence-electron chi connectivity index (χ2n) is 6.62. The van der Waals surface area contributed by atoms with E-state index in [-0.39, 0.29) is 25.6 Å². The number of aliphatic carboxylic acids is 1. The largest absolute Gasteiger partial charge is 0.480 e. The number of benzene rings is 2. The molecule has 0 aliphatic carbocycles. The fourth-order valence-corrected chi connectivity index (χ4v) is 3.14. The average Bonchev–Trinajstić information content (AvgIpc) is 3.18. The minimum Gasteiger partial charge on any atom is -0.480 e. The summed E-state index contributed by atoms with van der Waals surface area (Å²) in [6.07, 6.45) is -0.0955. The van der Waals surface area contributed by atoms with Crippen molar-refractivity contribution in [1.29, 1.82) is 0 Å². The van der Waals surface area contributed by atoms with Crippen LogP contribution in [0.3, 0.4) is 0 Å². The molecule has 2 aromatic rings. The highest BCUT2D eigenvalue weighted by Gasteiger charge is 2.39. The first-order valence-electron chi connectivity index (χ1n) is 9.14. The first-order valence-corrected chi connectivity index (χ1v) is 9.14. The van der Waals surface area contributed by atoms with Crippen LogP contribution in [0.4, 0.5) is 0 Å². The van der Waals surface area contributed by atoms with E-state index in [1.165, 1.54) is 12.0 Å². The molecule has 1 saturated heterocycles. The third-order valence-corrected chi connectivity index (χ3v) is 4.70. The lowest BCUT2D eigenvalue weighted by molar-refractivity contribution is -0.147. The number of carboxylic acid groups (broad SMARTS) is 1. The maximum absolute atomic E-state index is 12.4. The first kappa shape index (κ1) is 20.3. The lowest BCUT2D eigenvalue weighted by Crippen LogP contribution is -2.45. The third kappa shape index (κ3) is 5.11. The van der Waals surface area contributed by atoms with E-state index in [0.717, 1.165) is 0 Å². The van der Waals surface area contributed by atoms with E-state index in [2.05, 4.69) is 5.32 Å². The van der Waals surface area contributed by atoms with Crippen molar-refractivity contribution < 1.29 is 29.0 Å². The van der Waals surface area contributed by atoms with E-state index in [1.807, 2.05) is 30.3 Å². The lowest BCUT2D eigenvalue weighted by Gasteiger charge is -2.21. The molecule has 1 heterocycles. The van der Waals surface area contributed by atoms with Gasteiger partial charge in [-0.1, -0.05) is 18.2 Å². The minimum absolute atomic E-state index is 0.188. The number of methoxy groups -OCH3 is 1. The van der Waals surface area contributed by atoms with E-state index in [1.54, 1.807) is 24.3 Å². The fourth-order valence-electron chi connectivity index (χ4n) is 3.14. The molecule has 8 heteroatoms. The van der Waals surface area contributed by atoms with Gasteiger partial charge in [0.05, 0.1) is 12.6 Å². The highest BCUT2D eigenvalue weighted by molar-refractivity contribution is 5.97. The molecule has 0 aromatic heterocycles. The van der Waals surface area contributed by atoms with Crippen molar-refractivity contribution >= 4 is 17.8 Å². The summed E-state index contributed by atoms with van der Waals surface area (Å²) in [6.45, 7) is -0.102. The Kier molecular flexibility index (Phi) is 6.46. The number of carbonyl (C=O) groups is 3. The highest BCUT2D eigenvalue weighted by Crippen LogP contribution is 2.22. The van der Waals surface area contributed by atoms with E-state index in [4.69, 9.17) is 9.47 Å². The Bertz CT molecular complexity index is 868. The molecule has 0 bridgehead atoms. The van der Waals surface area contributed by atoms with Gasteiger partial charge in [0.2, 0.25) is 5.91 Å². The van der Waals surface area contributed by atoms with Crippen LogP contribution in [-0.4, -0.2) is 60.1 Å². The Labute approximate surface area is 168 Å². The summed E-state index contributed by atoms with van der Waals surface area (Å²) in [4.78, 5) is 37.3. The molecule has 8 nitrogen and oxygen atoms in total. The molecule has 1 aliphatic heterocycles. The molecule has 2 amide bonds. The summed E-state index contributed by atoms with van der Waals surface area (Å²) in [5, 5.41) is 11.8. The molecule has 1 fully saturated rings. The highest BCUT2D eigenvalue weighted by atomic mass is 16.5. The van der Waals surface area contributed by atoms with Crippen molar-refractivity contribution in [1.82, 2.24) is 10.2 Å². The van der Waals surface area contributed by atoms with Crippen LogP contribution in [0.25, 0.3) is 0 Å². The van der Waals surface area contributed by atoms with Crippen LogP contribution in [0, 0.1) is 0 Å². The van der Waals surface area contributed by atoms with E-state index in [9.17, 15) is 19.5 Å². The van der Waals surface area contributed by atoms with Gasteiger partial charge in [-0.15, -0.1) is 0 Å². The molecule has 29 heavy (non-hydrogen) atoms. The normalized spacial score (nSPS) is 18.3. The van der Waals surface area contributed by atoms with Gasteiger partial charge in [-0.2, -0.15) is 0 Å². The Morgan fingerprint density at radius 3 is 2.34 bits per heavy atom. The third-order valence-electron chi connectivity index (χ3n) is 4.70. The van der Waals surface area contributed by atoms with Crippen LogP contribution in [0.15, 0.2) is 54.6 Å². The maximum Gasteiger partial charge on any atom is 0.326 e. The molecule has 2 unspecified atom stereocenters. The number of carbonyl (C=O) groups excluding carboxylic acids is 2. The van der Waals surface area contributed by atoms with Crippen molar-refractivity contribution in [3.8, 4) is 11.5 Å². The van der Waals surface area contributed by atoms with Crippen LogP contribution < -0.4 is 10.1 Å². The van der Waals surface area contributed by atoms with Crippen LogP contribution in [0.2, 0.25) is 0 Å². The number of hydrogen-bond donors (Lipinski definition) is 2. The molecule has 0 spiro atoms. The molecule has 0 radical (unpaired) electrons. The van der Waals surface area contributed by atoms with Crippen molar-refractivity contribution in [3.05, 3.63) is 60.2 Å². The number of para-hydroxylation sites is 1. The number of rotatable bonds is 7. The molecule has 0 saturated carbocycles. The van der Waals surface area contributed by atoms with E-state index >= 15 is 0 Å². The summed E-state index contributed by atoms with van der Waals surface area (Å²) in [6, 6.07) is 14.8. The monoisotopic (exact) mass is 398 g/mol. The number of nitrogens with zero attached hydrogens (tertiary/aromatic N) is 1. The quantitative estimate of drug-likeness (QED) is 0.738. The number of hydrogen-bond acceptors (Lipinski definition) is 5. The zero-order valence-corrected chi connectivity index (χ0v) is 15.9. The standard InChI is InChI=1S/C21H22N2O6/c1-28-17-11-18(21(26)27)23(13-17)19(24)12-22-20(25)14-7-9-16(10-8-14)29-15-5-3-2-4-6-15/h2-10,17-18H,11-13H2,1H3,(H,22,25)(H,26,27). The average molecular weight is 398 g/mol.